The van der Waals surface area contributed by atoms with E-state index in [1.54, 1.807) is 18.3 Å². The standard InChI is InChI=1S/C10H14OS/c1-4-9-5-6-12-10(9)7(2)8(3)11/h5-7H,4H2,1-3H3. The molecule has 1 rings (SSSR count). The number of carbonyl (C=O) groups excluding carboxylic acids is 1. The quantitative estimate of drug-likeness (QED) is 0.702. The molecule has 66 valence electrons. The Morgan fingerprint density at radius 2 is 2.33 bits per heavy atom. The molecule has 0 spiro atoms. The topological polar surface area (TPSA) is 17.1 Å². The summed E-state index contributed by atoms with van der Waals surface area (Å²) in [6.07, 6.45) is 1.02. The molecule has 0 saturated carbocycles. The van der Waals surface area contributed by atoms with Crippen molar-refractivity contribution in [1.82, 2.24) is 0 Å². The van der Waals surface area contributed by atoms with Crippen molar-refractivity contribution in [3.8, 4) is 0 Å². The van der Waals surface area contributed by atoms with Gasteiger partial charge in [0.05, 0.1) is 0 Å². The largest absolute Gasteiger partial charge is 0.299 e. The molecule has 2 heteroatoms. The summed E-state index contributed by atoms with van der Waals surface area (Å²) in [4.78, 5) is 12.4. The van der Waals surface area contributed by atoms with Gasteiger partial charge in [-0.2, -0.15) is 0 Å². The van der Waals surface area contributed by atoms with Crippen molar-refractivity contribution < 1.29 is 4.79 Å². The van der Waals surface area contributed by atoms with Gasteiger partial charge in [0.15, 0.2) is 0 Å². The Morgan fingerprint density at radius 3 is 2.83 bits per heavy atom. The second kappa shape index (κ2) is 3.85. The summed E-state index contributed by atoms with van der Waals surface area (Å²) in [7, 11) is 0. The molecule has 0 fully saturated rings. The van der Waals surface area contributed by atoms with E-state index in [-0.39, 0.29) is 11.7 Å². The van der Waals surface area contributed by atoms with Crippen LogP contribution < -0.4 is 0 Å². The SMILES string of the molecule is CCc1ccsc1C(C)C(C)=O. The molecule has 1 aromatic rings. The van der Waals surface area contributed by atoms with Gasteiger partial charge >= 0.3 is 0 Å². The van der Waals surface area contributed by atoms with E-state index in [2.05, 4.69) is 18.4 Å². The zero-order valence-electron chi connectivity index (χ0n) is 7.76. The number of hydrogen-bond donors (Lipinski definition) is 0. The van der Waals surface area contributed by atoms with Crippen LogP contribution in [0.3, 0.4) is 0 Å². The van der Waals surface area contributed by atoms with E-state index in [0.29, 0.717) is 0 Å². The third-order valence-electron chi connectivity index (χ3n) is 2.16. The van der Waals surface area contributed by atoms with Crippen molar-refractivity contribution in [2.75, 3.05) is 0 Å². The number of hydrogen-bond acceptors (Lipinski definition) is 2. The van der Waals surface area contributed by atoms with Crippen LogP contribution in [0.15, 0.2) is 11.4 Å². The number of thiophene rings is 1. The maximum Gasteiger partial charge on any atom is 0.137 e. The summed E-state index contributed by atoms with van der Waals surface area (Å²) in [5.41, 5.74) is 1.32. The van der Waals surface area contributed by atoms with E-state index in [1.807, 2.05) is 6.92 Å². The predicted octanol–water partition coefficient (Wildman–Crippen LogP) is 3.00. The molecule has 0 bridgehead atoms. The van der Waals surface area contributed by atoms with E-state index in [4.69, 9.17) is 0 Å². The maximum atomic E-state index is 11.1. The molecule has 1 heterocycles. The first-order valence-corrected chi connectivity index (χ1v) is 5.11. The summed E-state index contributed by atoms with van der Waals surface area (Å²) in [6.45, 7) is 5.76. The van der Waals surface area contributed by atoms with Crippen LogP contribution in [0, 0.1) is 0 Å². The van der Waals surface area contributed by atoms with Crippen LogP contribution in [-0.4, -0.2) is 5.78 Å². The van der Waals surface area contributed by atoms with Crippen molar-refractivity contribution in [3.63, 3.8) is 0 Å². The van der Waals surface area contributed by atoms with Crippen LogP contribution in [0.1, 0.15) is 37.1 Å². The van der Waals surface area contributed by atoms with Gasteiger partial charge in [0.2, 0.25) is 0 Å². The smallest absolute Gasteiger partial charge is 0.137 e. The van der Waals surface area contributed by atoms with Crippen molar-refractivity contribution in [1.29, 1.82) is 0 Å². The van der Waals surface area contributed by atoms with Crippen molar-refractivity contribution >= 4 is 17.1 Å². The monoisotopic (exact) mass is 182 g/mol. The van der Waals surface area contributed by atoms with Gasteiger partial charge < -0.3 is 0 Å². The molecule has 0 aliphatic heterocycles. The highest BCUT2D eigenvalue weighted by Crippen LogP contribution is 2.26. The van der Waals surface area contributed by atoms with E-state index >= 15 is 0 Å². The van der Waals surface area contributed by atoms with Gasteiger partial charge in [-0.05, 0) is 30.4 Å². The molecule has 1 nitrogen and oxygen atoms in total. The summed E-state index contributed by atoms with van der Waals surface area (Å²) in [6, 6.07) is 2.11. The molecule has 0 aliphatic carbocycles. The number of Topliss-reactive ketones (excluding diaryl/α,β-unsaturated/α-hetero) is 1. The third-order valence-corrected chi connectivity index (χ3v) is 3.31. The molecule has 0 radical (unpaired) electrons. The third kappa shape index (κ3) is 1.75. The van der Waals surface area contributed by atoms with Gasteiger partial charge in [0.25, 0.3) is 0 Å². The molecule has 1 unspecified atom stereocenters. The molecule has 0 aliphatic rings. The maximum absolute atomic E-state index is 11.1. The minimum absolute atomic E-state index is 0.0833. The second-order valence-electron chi connectivity index (χ2n) is 3.00. The van der Waals surface area contributed by atoms with Gasteiger partial charge in [-0.15, -0.1) is 11.3 Å². The number of aryl methyl sites for hydroxylation is 1. The summed E-state index contributed by atoms with van der Waals surface area (Å²) in [5, 5.41) is 2.06. The zero-order valence-corrected chi connectivity index (χ0v) is 8.57. The molecule has 0 aromatic carbocycles. The van der Waals surface area contributed by atoms with Crippen molar-refractivity contribution in [3.05, 3.63) is 21.9 Å². The van der Waals surface area contributed by atoms with Crippen LogP contribution in [0.25, 0.3) is 0 Å². The highest BCUT2D eigenvalue weighted by molar-refractivity contribution is 7.10. The van der Waals surface area contributed by atoms with E-state index in [9.17, 15) is 4.79 Å². The molecular weight excluding hydrogens is 168 g/mol. The highest BCUT2D eigenvalue weighted by atomic mass is 32.1. The highest BCUT2D eigenvalue weighted by Gasteiger charge is 2.14. The Balaban J connectivity index is 2.93. The molecular formula is C10H14OS. The minimum atomic E-state index is 0.0833. The molecule has 12 heavy (non-hydrogen) atoms. The van der Waals surface area contributed by atoms with Gasteiger partial charge in [-0.3, -0.25) is 4.79 Å². The first-order chi connectivity index (χ1) is 5.66. The first-order valence-electron chi connectivity index (χ1n) is 4.23. The van der Waals surface area contributed by atoms with Gasteiger partial charge in [-0.25, -0.2) is 0 Å². The summed E-state index contributed by atoms with van der Waals surface area (Å²) < 4.78 is 0. The van der Waals surface area contributed by atoms with Crippen LogP contribution in [0.2, 0.25) is 0 Å². The number of carbonyl (C=O) groups is 1. The Morgan fingerprint density at radius 1 is 1.67 bits per heavy atom. The fourth-order valence-corrected chi connectivity index (χ4v) is 2.32. The van der Waals surface area contributed by atoms with E-state index in [1.165, 1.54) is 10.4 Å². The van der Waals surface area contributed by atoms with Gasteiger partial charge in [0, 0.05) is 10.8 Å². The van der Waals surface area contributed by atoms with Gasteiger partial charge in [-0.1, -0.05) is 13.8 Å². The van der Waals surface area contributed by atoms with E-state index < -0.39 is 0 Å². The van der Waals surface area contributed by atoms with Crippen LogP contribution in [0.5, 0.6) is 0 Å². The Bertz CT molecular complexity index is 275. The van der Waals surface area contributed by atoms with Crippen LogP contribution in [-0.2, 0) is 11.2 Å². The molecule has 0 N–H and O–H groups in total. The Labute approximate surface area is 77.4 Å². The lowest BCUT2D eigenvalue weighted by molar-refractivity contribution is -0.118. The second-order valence-corrected chi connectivity index (χ2v) is 3.94. The first kappa shape index (κ1) is 9.46. The molecule has 1 aromatic heterocycles. The number of rotatable bonds is 3. The molecule has 0 amide bonds. The minimum Gasteiger partial charge on any atom is -0.299 e. The predicted molar refractivity (Wildman–Crippen MR) is 52.8 cm³/mol. The lowest BCUT2D eigenvalue weighted by Gasteiger charge is -2.06. The summed E-state index contributed by atoms with van der Waals surface area (Å²) in [5.74, 6) is 0.340. The zero-order chi connectivity index (χ0) is 9.14. The van der Waals surface area contributed by atoms with Crippen LogP contribution in [0.4, 0.5) is 0 Å². The fraction of sp³-hybridized carbons (Fsp3) is 0.500. The van der Waals surface area contributed by atoms with Crippen LogP contribution >= 0.6 is 11.3 Å². The number of ketones is 1. The summed E-state index contributed by atoms with van der Waals surface area (Å²) >= 11 is 1.69. The average molecular weight is 182 g/mol. The van der Waals surface area contributed by atoms with Gasteiger partial charge in [0.1, 0.15) is 5.78 Å². The van der Waals surface area contributed by atoms with E-state index in [0.717, 1.165) is 6.42 Å². The average Bonchev–Trinajstić information content (AvgIpc) is 2.49. The van der Waals surface area contributed by atoms with Crippen molar-refractivity contribution in [2.24, 2.45) is 0 Å². The lowest BCUT2D eigenvalue weighted by Crippen LogP contribution is -2.04. The Hall–Kier alpha value is -0.630. The Kier molecular flexibility index (Phi) is 3.04. The normalized spacial score (nSPS) is 12.9. The fourth-order valence-electron chi connectivity index (χ4n) is 1.20. The van der Waals surface area contributed by atoms with Crippen molar-refractivity contribution in [2.45, 2.75) is 33.1 Å². The lowest BCUT2D eigenvalue weighted by atomic mass is 10.0. The molecule has 0 saturated heterocycles. The molecule has 1 atom stereocenters.